The van der Waals surface area contributed by atoms with Crippen molar-refractivity contribution in [3.63, 3.8) is 0 Å². The number of hydrogen-bond donors (Lipinski definition) is 0. The van der Waals surface area contributed by atoms with E-state index in [1.54, 1.807) is 0 Å². The van der Waals surface area contributed by atoms with Gasteiger partial charge >= 0.3 is 0 Å². The highest BCUT2D eigenvalue weighted by molar-refractivity contribution is 7.91. The van der Waals surface area contributed by atoms with Crippen LogP contribution in [0.15, 0.2) is 6.07 Å². The lowest BCUT2D eigenvalue weighted by molar-refractivity contribution is 0.0587. The van der Waals surface area contributed by atoms with Crippen LogP contribution in [0.4, 0.5) is 0 Å². The Balaban J connectivity index is 1.42. The maximum absolute atomic E-state index is 13.2. The average Bonchev–Trinajstić information content (AvgIpc) is 3.20. The Hall–Kier alpha value is -1.34. The molecule has 156 valence electrons. The van der Waals surface area contributed by atoms with E-state index in [0.717, 1.165) is 30.8 Å². The quantitative estimate of drug-likeness (QED) is 0.773. The summed E-state index contributed by atoms with van der Waals surface area (Å²) < 4.78 is 25.9. The summed E-state index contributed by atoms with van der Waals surface area (Å²) >= 11 is 0. The van der Waals surface area contributed by atoms with Crippen molar-refractivity contribution in [1.82, 2.24) is 14.4 Å². The Morgan fingerprint density at radius 1 is 0.964 bits per heavy atom. The molecular weight excluding hydrogens is 374 g/mol. The molecule has 4 rings (SSSR count). The third-order valence-corrected chi connectivity index (χ3v) is 8.73. The number of carbonyl (C=O) groups is 1. The lowest BCUT2D eigenvalue weighted by atomic mass is 9.95. The van der Waals surface area contributed by atoms with Crippen molar-refractivity contribution in [3.05, 3.63) is 23.0 Å². The van der Waals surface area contributed by atoms with Crippen LogP contribution in [-0.2, 0) is 9.84 Å². The van der Waals surface area contributed by atoms with E-state index in [1.165, 1.54) is 37.8 Å². The summed E-state index contributed by atoms with van der Waals surface area (Å²) in [7, 11) is -2.86. The van der Waals surface area contributed by atoms with Gasteiger partial charge in [0.1, 0.15) is 0 Å². The van der Waals surface area contributed by atoms with Crippen molar-refractivity contribution in [3.8, 4) is 0 Å². The molecule has 2 saturated heterocycles. The van der Waals surface area contributed by atoms with Gasteiger partial charge in [-0.05, 0) is 39.2 Å². The van der Waals surface area contributed by atoms with Crippen LogP contribution < -0.4 is 0 Å². The number of rotatable bonds is 3. The average molecular weight is 408 g/mol. The number of piperazine rings is 1. The fourth-order valence-corrected chi connectivity index (χ4v) is 7.18. The predicted molar refractivity (Wildman–Crippen MR) is 111 cm³/mol. The molecule has 1 saturated carbocycles. The minimum absolute atomic E-state index is 0.133. The Morgan fingerprint density at radius 3 is 2.25 bits per heavy atom. The summed E-state index contributed by atoms with van der Waals surface area (Å²) in [6.07, 6.45) is 7.06. The van der Waals surface area contributed by atoms with Crippen LogP contribution in [0.2, 0.25) is 0 Å². The summed E-state index contributed by atoms with van der Waals surface area (Å²) in [4.78, 5) is 17.4. The minimum atomic E-state index is -2.86. The number of aromatic nitrogens is 1. The summed E-state index contributed by atoms with van der Waals surface area (Å²) in [6.45, 7) is 7.12. The molecule has 1 amide bonds. The van der Waals surface area contributed by atoms with Crippen LogP contribution in [0, 0.1) is 13.8 Å². The molecule has 1 aliphatic carbocycles. The molecule has 1 unspecified atom stereocenters. The Bertz CT molecular complexity index is 831. The lowest BCUT2D eigenvalue weighted by Crippen LogP contribution is -2.52. The molecular formula is C21H33N3O3S. The first kappa shape index (κ1) is 20.0. The van der Waals surface area contributed by atoms with Gasteiger partial charge in [-0.25, -0.2) is 8.42 Å². The van der Waals surface area contributed by atoms with Gasteiger partial charge in [0.05, 0.1) is 17.1 Å². The minimum Gasteiger partial charge on any atom is -0.345 e. The summed E-state index contributed by atoms with van der Waals surface area (Å²) in [6, 6.07) is 2.75. The van der Waals surface area contributed by atoms with Crippen LogP contribution >= 0.6 is 0 Å². The van der Waals surface area contributed by atoms with E-state index in [9.17, 15) is 13.2 Å². The van der Waals surface area contributed by atoms with Gasteiger partial charge < -0.3 is 9.47 Å². The van der Waals surface area contributed by atoms with Crippen molar-refractivity contribution in [2.75, 3.05) is 37.7 Å². The number of sulfone groups is 1. The first-order chi connectivity index (χ1) is 13.4. The smallest absolute Gasteiger partial charge is 0.255 e. The lowest BCUT2D eigenvalue weighted by Gasteiger charge is -2.37. The third kappa shape index (κ3) is 3.88. The van der Waals surface area contributed by atoms with Crippen LogP contribution in [0.3, 0.4) is 0 Å². The largest absolute Gasteiger partial charge is 0.345 e. The van der Waals surface area contributed by atoms with E-state index in [-0.39, 0.29) is 17.7 Å². The number of aryl methyl sites for hydroxylation is 1. The highest BCUT2D eigenvalue weighted by Crippen LogP contribution is 2.32. The first-order valence-electron chi connectivity index (χ1n) is 10.8. The summed E-state index contributed by atoms with van der Waals surface area (Å²) in [5.74, 6) is 0.724. The van der Waals surface area contributed by atoms with E-state index >= 15 is 0 Å². The van der Waals surface area contributed by atoms with E-state index in [2.05, 4.69) is 29.4 Å². The van der Waals surface area contributed by atoms with Crippen molar-refractivity contribution < 1.29 is 13.2 Å². The second kappa shape index (κ2) is 7.82. The SMILES string of the molecule is Cc1cc(C(=O)N2CCN(C3CCS(=O)(=O)C3)CC2)c(C)n1C1CCCCC1. The molecule has 0 aromatic carbocycles. The van der Waals surface area contributed by atoms with Gasteiger partial charge in [-0.3, -0.25) is 9.69 Å². The van der Waals surface area contributed by atoms with Gasteiger partial charge in [-0.15, -0.1) is 0 Å². The van der Waals surface area contributed by atoms with Crippen LogP contribution in [0.1, 0.15) is 66.3 Å². The van der Waals surface area contributed by atoms with Crippen molar-refractivity contribution in [2.24, 2.45) is 0 Å². The molecule has 0 radical (unpaired) electrons. The fourth-order valence-electron chi connectivity index (χ4n) is 5.42. The van der Waals surface area contributed by atoms with Gasteiger partial charge in [0.2, 0.25) is 0 Å². The standard InChI is InChI=1S/C21H33N3O3S/c1-16-14-20(17(2)24(16)18-6-4-3-5-7-18)21(25)23-11-9-22(10-12-23)19-8-13-28(26,27)15-19/h14,18-19H,3-13,15H2,1-2H3. The van der Waals surface area contributed by atoms with Gasteiger partial charge in [0.15, 0.2) is 9.84 Å². The zero-order chi connectivity index (χ0) is 19.9. The molecule has 3 heterocycles. The van der Waals surface area contributed by atoms with Crippen molar-refractivity contribution >= 4 is 15.7 Å². The number of nitrogens with zero attached hydrogens (tertiary/aromatic N) is 3. The highest BCUT2D eigenvalue weighted by Gasteiger charge is 2.35. The molecule has 1 atom stereocenters. The van der Waals surface area contributed by atoms with Crippen LogP contribution in [-0.4, -0.2) is 72.4 Å². The number of carbonyl (C=O) groups excluding carboxylic acids is 1. The van der Waals surface area contributed by atoms with Crippen LogP contribution in [0.25, 0.3) is 0 Å². The molecule has 0 bridgehead atoms. The molecule has 7 heteroatoms. The Kier molecular flexibility index (Phi) is 5.58. The second-order valence-corrected chi connectivity index (χ2v) is 11.1. The van der Waals surface area contributed by atoms with E-state index in [1.807, 2.05) is 4.90 Å². The predicted octanol–water partition coefficient (Wildman–Crippen LogP) is 2.56. The van der Waals surface area contributed by atoms with Gasteiger partial charge in [-0.1, -0.05) is 19.3 Å². The van der Waals surface area contributed by atoms with E-state index < -0.39 is 9.84 Å². The highest BCUT2D eigenvalue weighted by atomic mass is 32.2. The maximum Gasteiger partial charge on any atom is 0.255 e. The maximum atomic E-state index is 13.2. The zero-order valence-electron chi connectivity index (χ0n) is 17.2. The van der Waals surface area contributed by atoms with E-state index in [4.69, 9.17) is 0 Å². The van der Waals surface area contributed by atoms with Gasteiger partial charge in [0, 0.05) is 49.7 Å². The molecule has 3 aliphatic rings. The monoisotopic (exact) mass is 407 g/mol. The van der Waals surface area contributed by atoms with Crippen molar-refractivity contribution in [1.29, 1.82) is 0 Å². The molecule has 3 fully saturated rings. The summed E-state index contributed by atoms with van der Waals surface area (Å²) in [5, 5.41) is 0. The van der Waals surface area contributed by atoms with Crippen LogP contribution in [0.5, 0.6) is 0 Å². The molecule has 0 spiro atoms. The Morgan fingerprint density at radius 2 is 1.64 bits per heavy atom. The third-order valence-electron chi connectivity index (χ3n) is 6.98. The Labute approximate surface area is 168 Å². The topological polar surface area (TPSA) is 62.6 Å². The number of amides is 1. The van der Waals surface area contributed by atoms with E-state index in [0.29, 0.717) is 24.9 Å². The molecule has 6 nitrogen and oxygen atoms in total. The number of hydrogen-bond acceptors (Lipinski definition) is 4. The van der Waals surface area contributed by atoms with Gasteiger partial charge in [-0.2, -0.15) is 0 Å². The second-order valence-electron chi connectivity index (χ2n) is 8.83. The van der Waals surface area contributed by atoms with Crippen molar-refractivity contribution in [2.45, 2.75) is 64.5 Å². The fraction of sp³-hybridized carbons (Fsp3) is 0.762. The molecule has 1 aromatic heterocycles. The van der Waals surface area contributed by atoms with Gasteiger partial charge in [0.25, 0.3) is 5.91 Å². The molecule has 1 aromatic rings. The molecule has 2 aliphatic heterocycles. The molecule has 28 heavy (non-hydrogen) atoms. The summed E-state index contributed by atoms with van der Waals surface area (Å²) in [5.41, 5.74) is 3.15. The first-order valence-corrected chi connectivity index (χ1v) is 12.6. The molecule has 0 N–H and O–H groups in total. The zero-order valence-corrected chi connectivity index (χ0v) is 18.0. The normalized spacial score (nSPS) is 26.6.